The molecule has 0 spiro atoms. The van der Waals surface area contributed by atoms with Crippen molar-refractivity contribution in [2.45, 2.75) is 31.2 Å². The van der Waals surface area contributed by atoms with E-state index in [4.69, 9.17) is 4.74 Å². The quantitative estimate of drug-likeness (QED) is 0.398. The first-order valence-corrected chi connectivity index (χ1v) is 12.3. The van der Waals surface area contributed by atoms with Crippen molar-refractivity contribution in [3.63, 3.8) is 0 Å². The number of anilines is 1. The maximum absolute atomic E-state index is 12.2. The summed E-state index contributed by atoms with van der Waals surface area (Å²) in [6, 6.07) is 9.85. The summed E-state index contributed by atoms with van der Waals surface area (Å²) in [4.78, 5) is 19.4. The van der Waals surface area contributed by atoms with Gasteiger partial charge >= 0.3 is 0 Å². The molecule has 0 amide bonds. The Labute approximate surface area is 193 Å². The van der Waals surface area contributed by atoms with E-state index in [2.05, 4.69) is 54.9 Å². The Morgan fingerprint density at radius 1 is 1.19 bits per heavy atom. The van der Waals surface area contributed by atoms with Gasteiger partial charge < -0.3 is 9.64 Å². The minimum Gasteiger partial charge on any atom is -0.378 e. The first-order chi connectivity index (χ1) is 15.6. The van der Waals surface area contributed by atoms with Crippen LogP contribution in [-0.2, 0) is 16.9 Å². The zero-order valence-electron chi connectivity index (χ0n) is 17.9. The monoisotopic (exact) mass is 469 g/mol. The van der Waals surface area contributed by atoms with Crippen molar-refractivity contribution in [3.8, 4) is 5.69 Å². The lowest BCUT2D eigenvalue weighted by atomic mass is 10.1. The molecule has 1 aliphatic heterocycles. The standard InChI is InChI=1S/C21H23N7O2S2/c1-3-15-6-4-5-7-16(15)27-19(26-8-10-30-11-9-26)23-24-21(27)31-13-17-25-28-18(29)12-14(2)22-20(28)32-17/h4-7,12H,3,8-11,13H2,1-2H3. The van der Waals surface area contributed by atoms with E-state index in [1.165, 1.54) is 27.5 Å². The first kappa shape index (κ1) is 21.1. The Morgan fingerprint density at radius 3 is 2.81 bits per heavy atom. The third kappa shape index (κ3) is 4.03. The minimum absolute atomic E-state index is 0.158. The summed E-state index contributed by atoms with van der Waals surface area (Å²) in [5.41, 5.74) is 2.86. The number of benzene rings is 1. The van der Waals surface area contributed by atoms with E-state index >= 15 is 0 Å². The molecule has 5 rings (SSSR count). The van der Waals surface area contributed by atoms with Gasteiger partial charge in [0.15, 0.2) is 5.16 Å². The smallest absolute Gasteiger partial charge is 0.275 e. The molecular weight excluding hydrogens is 446 g/mol. The molecule has 1 aliphatic rings. The molecule has 0 radical (unpaired) electrons. The largest absolute Gasteiger partial charge is 0.378 e. The number of nitrogens with zero attached hydrogens (tertiary/aromatic N) is 7. The highest BCUT2D eigenvalue weighted by atomic mass is 32.2. The van der Waals surface area contributed by atoms with Crippen molar-refractivity contribution in [2.75, 3.05) is 31.2 Å². The van der Waals surface area contributed by atoms with Crippen LogP contribution in [0.3, 0.4) is 0 Å². The van der Waals surface area contributed by atoms with Gasteiger partial charge in [-0.3, -0.25) is 9.36 Å². The van der Waals surface area contributed by atoms with Crippen molar-refractivity contribution in [2.24, 2.45) is 0 Å². The third-order valence-corrected chi connectivity index (χ3v) is 7.29. The van der Waals surface area contributed by atoms with Gasteiger partial charge in [-0.25, -0.2) is 4.98 Å². The summed E-state index contributed by atoms with van der Waals surface area (Å²) in [7, 11) is 0. The lowest BCUT2D eigenvalue weighted by Crippen LogP contribution is -2.38. The van der Waals surface area contributed by atoms with Gasteiger partial charge in [0.1, 0.15) is 5.01 Å². The van der Waals surface area contributed by atoms with E-state index in [9.17, 15) is 4.79 Å². The van der Waals surface area contributed by atoms with Crippen molar-refractivity contribution in [1.29, 1.82) is 0 Å². The van der Waals surface area contributed by atoms with E-state index in [0.29, 0.717) is 29.6 Å². The Kier molecular flexibility index (Phi) is 5.94. The van der Waals surface area contributed by atoms with Crippen LogP contribution in [0, 0.1) is 6.92 Å². The van der Waals surface area contributed by atoms with Gasteiger partial charge in [-0.2, -0.15) is 9.61 Å². The van der Waals surface area contributed by atoms with Gasteiger partial charge in [-0.05, 0) is 25.0 Å². The molecule has 3 aromatic heterocycles. The molecular formula is C21H23N7O2S2. The maximum atomic E-state index is 12.2. The van der Waals surface area contributed by atoms with Gasteiger partial charge in [-0.1, -0.05) is 48.2 Å². The van der Waals surface area contributed by atoms with Crippen molar-refractivity contribution in [1.82, 2.24) is 29.4 Å². The SMILES string of the molecule is CCc1ccccc1-n1c(SCc2nn3c(=O)cc(C)nc3s2)nnc1N1CCOCC1. The summed E-state index contributed by atoms with van der Waals surface area (Å²) in [5.74, 6) is 1.40. The Hall–Kier alpha value is -2.76. The molecule has 4 heterocycles. The summed E-state index contributed by atoms with van der Waals surface area (Å²) in [5, 5.41) is 15.1. The molecule has 0 bridgehead atoms. The van der Waals surface area contributed by atoms with E-state index in [1.807, 2.05) is 13.0 Å². The number of ether oxygens (including phenoxy) is 1. The average Bonchev–Trinajstić information content (AvgIpc) is 3.42. The number of aryl methyl sites for hydroxylation is 2. The van der Waals surface area contributed by atoms with Crippen molar-refractivity contribution < 1.29 is 4.74 Å². The Morgan fingerprint density at radius 2 is 2.00 bits per heavy atom. The lowest BCUT2D eigenvalue weighted by molar-refractivity contribution is 0.122. The molecule has 32 heavy (non-hydrogen) atoms. The van der Waals surface area contributed by atoms with Crippen LogP contribution in [0.5, 0.6) is 0 Å². The summed E-state index contributed by atoms with van der Waals surface area (Å²) in [6.07, 6.45) is 0.910. The molecule has 0 unspecified atom stereocenters. The second kappa shape index (κ2) is 9.00. The predicted octanol–water partition coefficient (Wildman–Crippen LogP) is 2.73. The number of thioether (sulfide) groups is 1. The van der Waals surface area contributed by atoms with Crippen LogP contribution in [0.4, 0.5) is 5.95 Å². The van der Waals surface area contributed by atoms with Gasteiger partial charge in [0.05, 0.1) is 24.7 Å². The molecule has 166 valence electrons. The maximum Gasteiger partial charge on any atom is 0.275 e. The number of rotatable bonds is 6. The zero-order valence-corrected chi connectivity index (χ0v) is 19.5. The van der Waals surface area contributed by atoms with Gasteiger partial charge in [-0.15, -0.1) is 10.2 Å². The van der Waals surface area contributed by atoms with Gasteiger partial charge in [0, 0.05) is 24.8 Å². The van der Waals surface area contributed by atoms with Crippen molar-refractivity contribution >= 4 is 34.0 Å². The Balaban J connectivity index is 1.50. The number of morpholine rings is 1. The normalized spacial score (nSPS) is 14.4. The van der Waals surface area contributed by atoms with E-state index in [1.54, 1.807) is 11.8 Å². The highest BCUT2D eigenvalue weighted by Gasteiger charge is 2.23. The highest BCUT2D eigenvalue weighted by Crippen LogP contribution is 2.31. The number of fused-ring (bicyclic) bond motifs is 1. The Bertz CT molecular complexity index is 1310. The van der Waals surface area contributed by atoms with Gasteiger partial charge in [0.25, 0.3) is 5.56 Å². The molecule has 1 saturated heterocycles. The van der Waals surface area contributed by atoms with Crippen LogP contribution < -0.4 is 10.5 Å². The molecule has 4 aromatic rings. The lowest BCUT2D eigenvalue weighted by Gasteiger charge is -2.28. The molecule has 0 aliphatic carbocycles. The fourth-order valence-electron chi connectivity index (χ4n) is 3.71. The summed E-state index contributed by atoms with van der Waals surface area (Å²) < 4.78 is 9.03. The van der Waals surface area contributed by atoms with Crippen LogP contribution in [0.1, 0.15) is 23.2 Å². The molecule has 11 heteroatoms. The predicted molar refractivity (Wildman–Crippen MR) is 125 cm³/mol. The topological polar surface area (TPSA) is 90.4 Å². The van der Waals surface area contributed by atoms with E-state index < -0.39 is 0 Å². The molecule has 0 saturated carbocycles. The number of aromatic nitrogens is 6. The van der Waals surface area contributed by atoms with E-state index in [-0.39, 0.29) is 5.56 Å². The minimum atomic E-state index is -0.158. The van der Waals surface area contributed by atoms with Crippen LogP contribution in [0.15, 0.2) is 40.3 Å². The molecule has 1 fully saturated rings. The van der Waals surface area contributed by atoms with Crippen LogP contribution in [0.25, 0.3) is 10.6 Å². The van der Waals surface area contributed by atoms with Gasteiger partial charge in [0.2, 0.25) is 10.9 Å². The molecule has 9 nitrogen and oxygen atoms in total. The highest BCUT2D eigenvalue weighted by molar-refractivity contribution is 7.98. The molecule has 0 N–H and O–H groups in total. The number of hydrogen-bond donors (Lipinski definition) is 0. The zero-order chi connectivity index (χ0) is 22.1. The average molecular weight is 470 g/mol. The van der Waals surface area contributed by atoms with E-state index in [0.717, 1.165) is 41.3 Å². The second-order valence-corrected chi connectivity index (χ2v) is 9.40. The third-order valence-electron chi connectivity index (χ3n) is 5.26. The molecule has 1 aromatic carbocycles. The van der Waals surface area contributed by atoms with Crippen LogP contribution in [-0.4, -0.2) is 55.7 Å². The van der Waals surface area contributed by atoms with Crippen LogP contribution >= 0.6 is 23.1 Å². The second-order valence-electron chi connectivity index (χ2n) is 7.41. The van der Waals surface area contributed by atoms with Crippen LogP contribution in [0.2, 0.25) is 0 Å². The molecule has 0 atom stereocenters. The number of para-hydroxylation sites is 1. The first-order valence-electron chi connectivity index (χ1n) is 10.5. The fraction of sp³-hybridized carbons (Fsp3) is 0.381. The summed E-state index contributed by atoms with van der Waals surface area (Å²) >= 11 is 2.99. The van der Waals surface area contributed by atoms with Crippen molar-refractivity contribution in [3.05, 3.63) is 57.0 Å². The number of hydrogen-bond acceptors (Lipinski definition) is 9. The fourth-order valence-corrected chi connectivity index (χ4v) is 5.58. The summed E-state index contributed by atoms with van der Waals surface area (Å²) in [6.45, 7) is 6.88.